The van der Waals surface area contributed by atoms with Gasteiger partial charge in [0.1, 0.15) is 0 Å². The van der Waals surface area contributed by atoms with E-state index in [1.54, 1.807) is 5.32 Å². The first-order chi connectivity index (χ1) is 6.70. The van der Waals surface area contributed by atoms with E-state index in [-0.39, 0.29) is 60.2 Å². The molecule has 1 aliphatic heterocycles. The molecule has 0 atom stereocenters. The molecule has 1 radical (unpaired) electrons. The number of carbonyl (C=O) groups is 1. The average molecular weight is 467 g/mol. The summed E-state index contributed by atoms with van der Waals surface area (Å²) in [7, 11) is 3.71. The van der Waals surface area contributed by atoms with Crippen LogP contribution in [-0.4, -0.2) is 23.8 Å². The zero-order chi connectivity index (χ0) is 10.8. The molecule has 4 nitrogen and oxygen atoms in total. The van der Waals surface area contributed by atoms with Crippen LogP contribution in [0.2, 0.25) is 0 Å². The predicted octanol–water partition coefficient (Wildman–Crippen LogP) is 0.580. The van der Waals surface area contributed by atoms with E-state index in [1.807, 2.05) is 11.1 Å². The van der Waals surface area contributed by atoms with E-state index < -0.39 is 5.91 Å². The number of hydrogen-bond acceptors (Lipinski definition) is 3. The van der Waals surface area contributed by atoms with Crippen molar-refractivity contribution in [2.75, 3.05) is 6.54 Å². The monoisotopic (exact) mass is 467 g/mol. The zero-order valence-corrected chi connectivity index (χ0v) is 14.8. The summed E-state index contributed by atoms with van der Waals surface area (Å²) in [6.07, 6.45) is 8.60. The molecular formula is C10H14N2O2WY-4. The Balaban J connectivity index is -0.000000188. The van der Waals surface area contributed by atoms with E-state index in [2.05, 4.69) is 20.0 Å². The summed E-state index contributed by atoms with van der Waals surface area (Å²) < 4.78 is 0. The molecule has 0 unspecified atom stereocenters. The fourth-order valence-corrected chi connectivity index (χ4v) is 0.762. The fraction of sp³-hybridized carbons (Fsp3) is 0.400. The third kappa shape index (κ3) is 14.5. The van der Waals surface area contributed by atoms with Crippen LogP contribution in [0.3, 0.4) is 0 Å². The molecular weight excluding hydrogens is 453 g/mol. The van der Waals surface area contributed by atoms with Gasteiger partial charge in [-0.15, -0.1) is 0 Å². The van der Waals surface area contributed by atoms with E-state index in [1.165, 1.54) is 12.8 Å². The van der Waals surface area contributed by atoms with Gasteiger partial charge in [-0.1, -0.05) is 6.42 Å². The SMILES string of the molecule is [CH2-]CC(=O)N[C-]=O.[CH2-]N1C=[C-]CCC1.[W].[Y]. The maximum absolute atomic E-state index is 9.98. The standard InChI is InChI=1S/C6H9N.C4H5NO2.W.Y/c1-7-5-3-2-4-6-7;1-2-4(7)5-3-6;;/h6H,1-3,5H2;1-2H2,(H,5,6,7);;/q2*-2;;. The van der Waals surface area contributed by atoms with Crippen LogP contribution in [0, 0.1) is 20.0 Å². The number of rotatable bonds is 2. The van der Waals surface area contributed by atoms with E-state index in [0.29, 0.717) is 0 Å². The Labute approximate surface area is 137 Å². The quantitative estimate of drug-likeness (QED) is 0.478. The van der Waals surface area contributed by atoms with Gasteiger partial charge in [0.2, 0.25) is 0 Å². The molecule has 0 bridgehead atoms. The molecule has 6 heteroatoms. The molecule has 2 amide bonds. The van der Waals surface area contributed by atoms with Crippen LogP contribution in [0.25, 0.3) is 0 Å². The van der Waals surface area contributed by atoms with Gasteiger partial charge in [-0.25, -0.2) is 6.20 Å². The predicted molar refractivity (Wildman–Crippen MR) is 52.9 cm³/mol. The van der Waals surface area contributed by atoms with Crippen molar-refractivity contribution in [1.82, 2.24) is 10.2 Å². The van der Waals surface area contributed by atoms with Gasteiger partial charge in [0.05, 0.1) is 6.41 Å². The number of carbonyl (C=O) groups excluding carboxylic acids is 2. The molecule has 0 spiro atoms. The molecule has 1 N–H and O–H groups in total. The first-order valence-electron chi connectivity index (χ1n) is 4.29. The maximum atomic E-state index is 9.98. The number of amides is 2. The molecule has 0 aromatic carbocycles. The molecule has 0 aliphatic carbocycles. The molecule has 0 aromatic rings. The molecule has 1 heterocycles. The average Bonchev–Trinajstić information content (AvgIpc) is 2.20. The Morgan fingerprint density at radius 2 is 2.25 bits per heavy atom. The van der Waals surface area contributed by atoms with Crippen LogP contribution in [0.15, 0.2) is 6.20 Å². The summed E-state index contributed by atoms with van der Waals surface area (Å²) in [5.41, 5.74) is 0. The number of nitrogens with zero attached hydrogens (tertiary/aromatic N) is 1. The van der Waals surface area contributed by atoms with E-state index in [9.17, 15) is 9.59 Å². The molecule has 1 rings (SSSR count). The first kappa shape index (κ1) is 21.7. The van der Waals surface area contributed by atoms with Gasteiger partial charge in [0.25, 0.3) is 0 Å². The number of allylic oxidation sites excluding steroid dienone is 1. The van der Waals surface area contributed by atoms with E-state index in [0.717, 1.165) is 13.0 Å². The van der Waals surface area contributed by atoms with E-state index in [4.69, 9.17) is 0 Å². The summed E-state index contributed by atoms with van der Waals surface area (Å²) in [4.78, 5) is 21.2. The third-order valence-electron chi connectivity index (χ3n) is 1.46. The van der Waals surface area contributed by atoms with Crippen molar-refractivity contribution < 1.29 is 63.4 Å². The molecule has 0 fully saturated rings. The van der Waals surface area contributed by atoms with Crippen LogP contribution in [0.4, 0.5) is 0 Å². The van der Waals surface area contributed by atoms with Crippen molar-refractivity contribution in [1.29, 1.82) is 0 Å². The number of imide groups is 1. The minimum Gasteiger partial charge on any atom is -0.560 e. The summed E-state index contributed by atoms with van der Waals surface area (Å²) in [5, 5.41) is 1.79. The maximum Gasteiger partial charge on any atom is 0.0713 e. The molecule has 0 saturated heterocycles. The van der Waals surface area contributed by atoms with Crippen molar-refractivity contribution in [2.24, 2.45) is 0 Å². The smallest absolute Gasteiger partial charge is 0.0713 e. The second-order valence-corrected chi connectivity index (χ2v) is 2.65. The van der Waals surface area contributed by atoms with Gasteiger partial charge in [-0.3, -0.25) is 7.05 Å². The molecule has 0 aromatic heterocycles. The van der Waals surface area contributed by atoms with Gasteiger partial charge in [-0.2, -0.15) is 12.8 Å². The van der Waals surface area contributed by atoms with Gasteiger partial charge in [0, 0.05) is 59.7 Å². The van der Waals surface area contributed by atoms with E-state index >= 15 is 0 Å². The van der Waals surface area contributed by atoms with Gasteiger partial charge < -0.3 is 32.8 Å². The Hall–Kier alpha value is 0.472. The van der Waals surface area contributed by atoms with Crippen LogP contribution >= 0.6 is 0 Å². The van der Waals surface area contributed by atoms with Gasteiger partial charge in [0.15, 0.2) is 0 Å². The zero-order valence-electron chi connectivity index (χ0n) is 9.07. The minimum atomic E-state index is -0.407. The van der Waals surface area contributed by atoms with Crippen molar-refractivity contribution in [2.45, 2.75) is 19.3 Å². The largest absolute Gasteiger partial charge is 0.560 e. The Morgan fingerprint density at radius 1 is 1.62 bits per heavy atom. The van der Waals surface area contributed by atoms with Crippen molar-refractivity contribution in [3.05, 3.63) is 26.2 Å². The summed E-state index contributed by atoms with van der Waals surface area (Å²) >= 11 is 0. The third-order valence-corrected chi connectivity index (χ3v) is 1.46. The van der Waals surface area contributed by atoms with Crippen molar-refractivity contribution >= 4 is 12.3 Å². The molecule has 16 heavy (non-hydrogen) atoms. The second kappa shape index (κ2) is 15.5. The molecule has 0 saturated carbocycles. The van der Waals surface area contributed by atoms with Gasteiger partial charge in [-0.05, 0) is 6.54 Å². The topological polar surface area (TPSA) is 49.4 Å². The Bertz CT molecular complexity index is 213. The normalized spacial score (nSPS) is 12.2. The second-order valence-electron chi connectivity index (χ2n) is 2.65. The van der Waals surface area contributed by atoms with Crippen LogP contribution < -0.4 is 5.32 Å². The number of hydrogen-bond donors (Lipinski definition) is 1. The van der Waals surface area contributed by atoms with Crippen molar-refractivity contribution in [3.8, 4) is 0 Å². The summed E-state index contributed by atoms with van der Waals surface area (Å²) in [6, 6.07) is 0. The molecule has 89 valence electrons. The fourth-order valence-electron chi connectivity index (χ4n) is 0.762. The number of nitrogens with one attached hydrogen (secondary N) is 1. The first-order valence-corrected chi connectivity index (χ1v) is 4.29. The van der Waals surface area contributed by atoms with Crippen LogP contribution in [0.5, 0.6) is 0 Å². The summed E-state index contributed by atoms with van der Waals surface area (Å²) in [6.45, 7) is 4.30. The summed E-state index contributed by atoms with van der Waals surface area (Å²) in [5.74, 6) is -0.407. The minimum absolute atomic E-state index is 0. The van der Waals surface area contributed by atoms with Crippen molar-refractivity contribution in [3.63, 3.8) is 0 Å². The molecule has 1 aliphatic rings. The van der Waals surface area contributed by atoms with Gasteiger partial charge >= 0.3 is 0 Å². The Kier molecular flexibility index (Phi) is 21.0. The van der Waals surface area contributed by atoms with Crippen LogP contribution in [0.1, 0.15) is 19.3 Å². The Morgan fingerprint density at radius 3 is 2.44 bits per heavy atom. The van der Waals surface area contributed by atoms with Crippen LogP contribution in [-0.2, 0) is 63.4 Å².